The first-order valence-electron chi connectivity index (χ1n) is 5.33. The molecular weight excluding hydrogens is 218 g/mol. The maximum Gasteiger partial charge on any atom is 0.342 e. The van der Waals surface area contributed by atoms with Gasteiger partial charge in [0.2, 0.25) is 0 Å². The first-order chi connectivity index (χ1) is 7.87. The topological polar surface area (TPSA) is 69.6 Å². The molecule has 0 unspecified atom stereocenters. The van der Waals surface area contributed by atoms with Crippen molar-refractivity contribution in [3.63, 3.8) is 0 Å². The van der Waals surface area contributed by atoms with Crippen LogP contribution in [0.5, 0.6) is 0 Å². The van der Waals surface area contributed by atoms with E-state index >= 15 is 0 Å². The van der Waals surface area contributed by atoms with Gasteiger partial charge in [-0.25, -0.2) is 9.31 Å². The molecule has 0 radical (unpaired) electrons. The number of nitrogen functional groups attached to an aromatic ring is 1. The number of hydrogen-bond acceptors (Lipinski definition) is 4. The van der Waals surface area contributed by atoms with Crippen molar-refractivity contribution >= 4 is 17.2 Å². The Hall–Kier alpha value is -2.04. The third-order valence-corrected chi connectivity index (χ3v) is 2.16. The summed E-state index contributed by atoms with van der Waals surface area (Å²) in [5.41, 5.74) is 6.83. The second kappa shape index (κ2) is 3.76. The molecule has 0 aliphatic rings. The number of pyridine rings is 1. The number of nitrogens with zero attached hydrogens (tertiary/aromatic N) is 2. The van der Waals surface area contributed by atoms with Crippen molar-refractivity contribution in [2.24, 2.45) is 0 Å². The Balaban J connectivity index is 2.42. The van der Waals surface area contributed by atoms with E-state index in [2.05, 4.69) is 5.10 Å². The number of ether oxygens (including phenoxy) is 1. The molecule has 2 N–H and O–H groups in total. The number of esters is 1. The Morgan fingerprint density at radius 3 is 2.82 bits per heavy atom. The van der Waals surface area contributed by atoms with Gasteiger partial charge in [-0.1, -0.05) is 0 Å². The van der Waals surface area contributed by atoms with Crippen molar-refractivity contribution in [2.75, 3.05) is 5.73 Å². The lowest BCUT2D eigenvalue weighted by Crippen LogP contribution is -2.23. The molecule has 90 valence electrons. The Morgan fingerprint density at radius 2 is 2.18 bits per heavy atom. The molecule has 5 nitrogen and oxygen atoms in total. The van der Waals surface area contributed by atoms with Gasteiger partial charge in [0.1, 0.15) is 11.2 Å². The van der Waals surface area contributed by atoms with Crippen LogP contribution < -0.4 is 5.73 Å². The maximum absolute atomic E-state index is 11.9. The van der Waals surface area contributed by atoms with Crippen LogP contribution in [0.25, 0.3) is 5.52 Å². The number of anilines is 1. The summed E-state index contributed by atoms with van der Waals surface area (Å²) in [5, 5.41) is 4.07. The van der Waals surface area contributed by atoms with Gasteiger partial charge in [-0.3, -0.25) is 0 Å². The zero-order valence-electron chi connectivity index (χ0n) is 10.1. The van der Waals surface area contributed by atoms with Gasteiger partial charge in [-0.15, -0.1) is 0 Å². The molecule has 0 spiro atoms. The average Bonchev–Trinajstić information content (AvgIpc) is 2.57. The van der Waals surface area contributed by atoms with Crippen LogP contribution >= 0.6 is 0 Å². The van der Waals surface area contributed by atoms with E-state index < -0.39 is 11.6 Å². The highest BCUT2D eigenvalue weighted by Gasteiger charge is 2.20. The van der Waals surface area contributed by atoms with Crippen LogP contribution in [0.4, 0.5) is 5.69 Å². The minimum atomic E-state index is -0.522. The summed E-state index contributed by atoms with van der Waals surface area (Å²) < 4.78 is 6.89. The summed E-state index contributed by atoms with van der Waals surface area (Å²) in [6.45, 7) is 5.47. The van der Waals surface area contributed by atoms with Crippen LogP contribution in [0.3, 0.4) is 0 Å². The molecule has 5 heteroatoms. The fourth-order valence-electron chi connectivity index (χ4n) is 1.49. The second-order valence-corrected chi connectivity index (χ2v) is 4.85. The summed E-state index contributed by atoms with van der Waals surface area (Å²) >= 11 is 0. The smallest absolute Gasteiger partial charge is 0.342 e. The SMILES string of the molecule is CC(C)(C)OC(=O)c1cnn2ccc(N)cc12. The Kier molecular flexibility index (Phi) is 2.53. The van der Waals surface area contributed by atoms with Crippen molar-refractivity contribution in [3.05, 3.63) is 30.1 Å². The molecule has 17 heavy (non-hydrogen) atoms. The quantitative estimate of drug-likeness (QED) is 0.763. The summed E-state index contributed by atoms with van der Waals surface area (Å²) in [6, 6.07) is 3.42. The molecule has 2 rings (SSSR count). The molecule has 0 aliphatic carbocycles. The molecule has 0 aliphatic heterocycles. The molecule has 0 fully saturated rings. The molecule has 0 bridgehead atoms. The van der Waals surface area contributed by atoms with E-state index in [1.54, 1.807) is 22.8 Å². The number of carbonyl (C=O) groups excluding carboxylic acids is 1. The van der Waals surface area contributed by atoms with E-state index in [0.29, 0.717) is 16.8 Å². The van der Waals surface area contributed by atoms with Gasteiger partial charge in [0, 0.05) is 11.9 Å². The van der Waals surface area contributed by atoms with Crippen LogP contribution in [0, 0.1) is 0 Å². The maximum atomic E-state index is 11.9. The fourth-order valence-corrected chi connectivity index (χ4v) is 1.49. The van der Waals surface area contributed by atoms with Crippen molar-refractivity contribution in [1.82, 2.24) is 9.61 Å². The molecule has 0 saturated heterocycles. The summed E-state index contributed by atoms with van der Waals surface area (Å²) in [7, 11) is 0. The largest absolute Gasteiger partial charge is 0.456 e. The van der Waals surface area contributed by atoms with Crippen LogP contribution in [-0.2, 0) is 4.74 Å². The van der Waals surface area contributed by atoms with Gasteiger partial charge >= 0.3 is 5.97 Å². The van der Waals surface area contributed by atoms with Crippen molar-refractivity contribution < 1.29 is 9.53 Å². The van der Waals surface area contributed by atoms with Gasteiger partial charge < -0.3 is 10.5 Å². The van der Waals surface area contributed by atoms with Crippen molar-refractivity contribution in [2.45, 2.75) is 26.4 Å². The molecule has 0 atom stereocenters. The summed E-state index contributed by atoms with van der Waals surface area (Å²) in [6.07, 6.45) is 3.20. The molecule has 2 heterocycles. The van der Waals surface area contributed by atoms with Crippen LogP contribution in [0.2, 0.25) is 0 Å². The highest BCUT2D eigenvalue weighted by atomic mass is 16.6. The standard InChI is InChI=1S/C12H15N3O2/c1-12(2,3)17-11(16)9-7-14-15-5-4-8(13)6-10(9)15/h4-7H,13H2,1-3H3. The predicted molar refractivity (Wildman–Crippen MR) is 64.8 cm³/mol. The lowest BCUT2D eigenvalue weighted by Gasteiger charge is -2.18. The number of rotatable bonds is 1. The number of aromatic nitrogens is 2. The third-order valence-electron chi connectivity index (χ3n) is 2.16. The second-order valence-electron chi connectivity index (χ2n) is 4.85. The zero-order valence-corrected chi connectivity index (χ0v) is 10.1. The first kappa shape index (κ1) is 11.4. The van der Waals surface area contributed by atoms with E-state index in [1.165, 1.54) is 6.20 Å². The lowest BCUT2D eigenvalue weighted by molar-refractivity contribution is 0.00718. The van der Waals surface area contributed by atoms with Gasteiger partial charge in [0.05, 0.1) is 11.7 Å². The molecule has 0 amide bonds. The highest BCUT2D eigenvalue weighted by Crippen LogP contribution is 2.18. The fraction of sp³-hybridized carbons (Fsp3) is 0.333. The normalized spacial score (nSPS) is 11.7. The Morgan fingerprint density at radius 1 is 1.47 bits per heavy atom. The summed E-state index contributed by atoms with van der Waals surface area (Å²) in [4.78, 5) is 11.9. The molecular formula is C12H15N3O2. The lowest BCUT2D eigenvalue weighted by atomic mass is 10.2. The van der Waals surface area contributed by atoms with Crippen LogP contribution in [0.15, 0.2) is 24.5 Å². The van der Waals surface area contributed by atoms with Crippen LogP contribution in [-0.4, -0.2) is 21.2 Å². The number of hydrogen-bond donors (Lipinski definition) is 1. The first-order valence-corrected chi connectivity index (χ1v) is 5.33. The van der Waals surface area contributed by atoms with Crippen molar-refractivity contribution in [1.29, 1.82) is 0 Å². The van der Waals surface area contributed by atoms with E-state index in [0.717, 1.165) is 0 Å². The van der Waals surface area contributed by atoms with Gasteiger partial charge in [0.15, 0.2) is 0 Å². The molecule has 0 aromatic carbocycles. The van der Waals surface area contributed by atoms with Crippen LogP contribution in [0.1, 0.15) is 31.1 Å². The average molecular weight is 233 g/mol. The number of carbonyl (C=O) groups is 1. The van der Waals surface area contributed by atoms with E-state index in [9.17, 15) is 4.79 Å². The number of nitrogens with two attached hydrogens (primary N) is 1. The number of fused-ring (bicyclic) bond motifs is 1. The van der Waals surface area contributed by atoms with Gasteiger partial charge in [-0.05, 0) is 32.9 Å². The van der Waals surface area contributed by atoms with E-state index in [4.69, 9.17) is 10.5 Å². The third kappa shape index (κ3) is 2.38. The molecule has 0 saturated carbocycles. The van der Waals surface area contributed by atoms with E-state index in [-0.39, 0.29) is 0 Å². The Bertz CT molecular complexity index is 567. The van der Waals surface area contributed by atoms with Gasteiger partial charge in [0.25, 0.3) is 0 Å². The highest BCUT2D eigenvalue weighted by molar-refractivity contribution is 5.97. The van der Waals surface area contributed by atoms with Crippen molar-refractivity contribution in [3.8, 4) is 0 Å². The van der Waals surface area contributed by atoms with Gasteiger partial charge in [-0.2, -0.15) is 5.10 Å². The summed E-state index contributed by atoms with van der Waals surface area (Å²) in [5.74, 6) is -0.391. The Labute approximate surface area is 99.2 Å². The monoisotopic (exact) mass is 233 g/mol. The van der Waals surface area contributed by atoms with E-state index in [1.807, 2.05) is 20.8 Å². The minimum Gasteiger partial charge on any atom is -0.456 e. The molecule has 2 aromatic heterocycles. The zero-order chi connectivity index (χ0) is 12.6. The minimum absolute atomic E-state index is 0.391. The predicted octanol–water partition coefficient (Wildman–Crippen LogP) is 1.87. The molecule has 2 aromatic rings.